The first kappa shape index (κ1) is 14.5. The summed E-state index contributed by atoms with van der Waals surface area (Å²) in [4.78, 5) is 20.4. The summed E-state index contributed by atoms with van der Waals surface area (Å²) in [6.45, 7) is 3.15. The second-order valence-electron chi connectivity index (χ2n) is 4.92. The van der Waals surface area contributed by atoms with E-state index in [2.05, 4.69) is 19.9 Å². The van der Waals surface area contributed by atoms with Crippen LogP contribution >= 0.6 is 11.6 Å². The number of hydrogen-bond acceptors (Lipinski definition) is 3. The number of aryl methyl sites for hydroxylation is 1. The van der Waals surface area contributed by atoms with Gasteiger partial charge in [-0.15, -0.1) is 0 Å². The van der Waals surface area contributed by atoms with Gasteiger partial charge in [0.05, 0.1) is 16.6 Å². The van der Waals surface area contributed by atoms with Crippen LogP contribution in [0.5, 0.6) is 0 Å². The Morgan fingerprint density at radius 3 is 2.86 bits per heavy atom. The molecular formula is C16H15ClN4O. The standard InChI is InChI=1S/C16H15ClN4O/c1-11-20-13-4-2-3-5-14(13)21(11)9-8-18-16(22)12-6-7-15(17)19-10-12/h2-7,10H,8-9H2,1H3,(H,18,22). The summed E-state index contributed by atoms with van der Waals surface area (Å²) in [6, 6.07) is 11.2. The first-order valence-electron chi connectivity index (χ1n) is 6.97. The highest BCUT2D eigenvalue weighted by Crippen LogP contribution is 2.14. The zero-order valence-corrected chi connectivity index (χ0v) is 12.8. The van der Waals surface area contributed by atoms with E-state index in [-0.39, 0.29) is 5.91 Å². The van der Waals surface area contributed by atoms with Crippen molar-refractivity contribution in [2.45, 2.75) is 13.5 Å². The van der Waals surface area contributed by atoms with Gasteiger partial charge in [-0.05, 0) is 31.2 Å². The number of benzene rings is 1. The molecule has 0 fully saturated rings. The first-order chi connectivity index (χ1) is 10.6. The number of imidazole rings is 1. The van der Waals surface area contributed by atoms with E-state index in [9.17, 15) is 4.79 Å². The summed E-state index contributed by atoms with van der Waals surface area (Å²) in [5.41, 5.74) is 2.53. The van der Waals surface area contributed by atoms with Gasteiger partial charge in [0, 0.05) is 19.3 Å². The third kappa shape index (κ3) is 2.94. The molecule has 0 aliphatic rings. The van der Waals surface area contributed by atoms with Crippen LogP contribution in [0.25, 0.3) is 11.0 Å². The van der Waals surface area contributed by atoms with Crippen LogP contribution in [0.15, 0.2) is 42.6 Å². The minimum Gasteiger partial charge on any atom is -0.350 e. The maximum absolute atomic E-state index is 12.0. The van der Waals surface area contributed by atoms with E-state index in [1.165, 1.54) is 6.20 Å². The number of rotatable bonds is 4. The Bertz CT molecular complexity index is 811. The van der Waals surface area contributed by atoms with E-state index < -0.39 is 0 Å². The smallest absolute Gasteiger partial charge is 0.252 e. The molecule has 1 N–H and O–H groups in total. The van der Waals surface area contributed by atoms with Crippen molar-refractivity contribution in [2.75, 3.05) is 6.54 Å². The van der Waals surface area contributed by atoms with Crippen molar-refractivity contribution in [3.8, 4) is 0 Å². The van der Waals surface area contributed by atoms with Crippen molar-refractivity contribution in [2.24, 2.45) is 0 Å². The van der Waals surface area contributed by atoms with Crippen LogP contribution in [0.1, 0.15) is 16.2 Å². The van der Waals surface area contributed by atoms with Crippen LogP contribution in [-0.2, 0) is 6.54 Å². The van der Waals surface area contributed by atoms with Gasteiger partial charge in [-0.25, -0.2) is 9.97 Å². The van der Waals surface area contributed by atoms with Gasteiger partial charge in [0.25, 0.3) is 5.91 Å². The molecule has 0 atom stereocenters. The van der Waals surface area contributed by atoms with Crippen LogP contribution in [0, 0.1) is 6.92 Å². The molecule has 3 rings (SSSR count). The first-order valence-corrected chi connectivity index (χ1v) is 7.34. The van der Waals surface area contributed by atoms with Gasteiger partial charge >= 0.3 is 0 Å². The zero-order chi connectivity index (χ0) is 15.5. The largest absolute Gasteiger partial charge is 0.350 e. The van der Waals surface area contributed by atoms with E-state index >= 15 is 0 Å². The normalized spacial score (nSPS) is 10.8. The Labute approximate surface area is 133 Å². The number of carbonyl (C=O) groups excluding carboxylic acids is 1. The van der Waals surface area contributed by atoms with Gasteiger partial charge in [-0.2, -0.15) is 0 Å². The molecule has 112 valence electrons. The molecule has 6 heteroatoms. The predicted octanol–water partition coefficient (Wildman–Crippen LogP) is 2.82. The second kappa shape index (κ2) is 6.15. The van der Waals surface area contributed by atoms with Crippen LogP contribution < -0.4 is 5.32 Å². The van der Waals surface area contributed by atoms with Crippen LogP contribution in [0.2, 0.25) is 5.15 Å². The van der Waals surface area contributed by atoms with Crippen molar-refractivity contribution in [1.82, 2.24) is 19.9 Å². The molecule has 0 aliphatic heterocycles. The molecule has 0 unspecified atom stereocenters. The highest BCUT2D eigenvalue weighted by Gasteiger charge is 2.08. The zero-order valence-electron chi connectivity index (χ0n) is 12.1. The van der Waals surface area contributed by atoms with Gasteiger partial charge in [0.15, 0.2) is 0 Å². The summed E-state index contributed by atoms with van der Waals surface area (Å²) < 4.78 is 2.09. The fourth-order valence-corrected chi connectivity index (χ4v) is 2.48. The Hall–Kier alpha value is -2.40. The van der Waals surface area contributed by atoms with Crippen molar-refractivity contribution in [3.05, 3.63) is 59.1 Å². The van der Waals surface area contributed by atoms with E-state index in [1.807, 2.05) is 31.2 Å². The average molecular weight is 315 g/mol. The lowest BCUT2D eigenvalue weighted by atomic mass is 10.2. The molecule has 2 aromatic heterocycles. The SMILES string of the molecule is Cc1nc2ccccc2n1CCNC(=O)c1ccc(Cl)nc1. The minimum absolute atomic E-state index is 0.161. The molecule has 22 heavy (non-hydrogen) atoms. The summed E-state index contributed by atoms with van der Waals surface area (Å²) in [5, 5.41) is 3.25. The van der Waals surface area contributed by atoms with Crippen molar-refractivity contribution >= 4 is 28.5 Å². The number of aromatic nitrogens is 3. The maximum atomic E-state index is 12.0. The van der Waals surface area contributed by atoms with Crippen molar-refractivity contribution in [3.63, 3.8) is 0 Å². The molecule has 0 aliphatic carbocycles. The van der Waals surface area contributed by atoms with Crippen LogP contribution in [0.4, 0.5) is 0 Å². The quantitative estimate of drug-likeness (QED) is 0.753. The molecule has 0 radical (unpaired) electrons. The summed E-state index contributed by atoms with van der Waals surface area (Å²) in [7, 11) is 0. The fraction of sp³-hybridized carbons (Fsp3) is 0.188. The molecule has 0 saturated carbocycles. The third-order valence-corrected chi connectivity index (χ3v) is 3.68. The Balaban J connectivity index is 1.66. The fourth-order valence-electron chi connectivity index (χ4n) is 2.37. The number of fused-ring (bicyclic) bond motifs is 1. The molecule has 0 spiro atoms. The van der Waals surface area contributed by atoms with Crippen LogP contribution in [0.3, 0.4) is 0 Å². The highest BCUT2D eigenvalue weighted by molar-refractivity contribution is 6.29. The summed E-state index contributed by atoms with van der Waals surface area (Å²) in [5.74, 6) is 0.773. The number of carbonyl (C=O) groups is 1. The Morgan fingerprint density at radius 1 is 1.27 bits per heavy atom. The summed E-state index contributed by atoms with van der Waals surface area (Å²) >= 11 is 5.71. The molecular weight excluding hydrogens is 300 g/mol. The number of para-hydroxylation sites is 2. The molecule has 1 aromatic carbocycles. The van der Waals surface area contributed by atoms with E-state index in [4.69, 9.17) is 11.6 Å². The molecule has 3 aromatic rings. The third-order valence-electron chi connectivity index (χ3n) is 3.46. The number of nitrogens with zero attached hydrogens (tertiary/aromatic N) is 3. The number of halogens is 1. The number of pyridine rings is 1. The van der Waals surface area contributed by atoms with Crippen molar-refractivity contribution < 1.29 is 4.79 Å². The molecule has 5 nitrogen and oxygen atoms in total. The van der Waals surface area contributed by atoms with Gasteiger partial charge in [0.1, 0.15) is 11.0 Å². The number of hydrogen-bond donors (Lipinski definition) is 1. The Morgan fingerprint density at radius 2 is 2.09 bits per heavy atom. The predicted molar refractivity (Wildman–Crippen MR) is 86.1 cm³/mol. The highest BCUT2D eigenvalue weighted by atomic mass is 35.5. The lowest BCUT2D eigenvalue weighted by Gasteiger charge is -2.08. The Kier molecular flexibility index (Phi) is 4.06. The molecule has 2 heterocycles. The monoisotopic (exact) mass is 314 g/mol. The van der Waals surface area contributed by atoms with Gasteiger partial charge in [0.2, 0.25) is 0 Å². The van der Waals surface area contributed by atoms with Crippen LogP contribution in [-0.4, -0.2) is 27.0 Å². The number of amides is 1. The molecule has 0 bridgehead atoms. The maximum Gasteiger partial charge on any atom is 0.252 e. The average Bonchev–Trinajstić information content (AvgIpc) is 2.84. The van der Waals surface area contributed by atoms with Crippen molar-refractivity contribution in [1.29, 1.82) is 0 Å². The van der Waals surface area contributed by atoms with Gasteiger partial charge in [-0.3, -0.25) is 4.79 Å². The minimum atomic E-state index is -0.161. The van der Waals surface area contributed by atoms with Gasteiger partial charge < -0.3 is 9.88 Å². The molecule has 1 amide bonds. The lowest BCUT2D eigenvalue weighted by Crippen LogP contribution is -2.27. The summed E-state index contributed by atoms with van der Waals surface area (Å²) in [6.07, 6.45) is 1.47. The molecule has 0 saturated heterocycles. The van der Waals surface area contributed by atoms with E-state index in [1.54, 1.807) is 12.1 Å². The lowest BCUT2D eigenvalue weighted by molar-refractivity contribution is 0.0952. The van der Waals surface area contributed by atoms with E-state index in [0.717, 1.165) is 16.9 Å². The van der Waals surface area contributed by atoms with Gasteiger partial charge in [-0.1, -0.05) is 23.7 Å². The second-order valence-corrected chi connectivity index (χ2v) is 5.31. The number of nitrogens with one attached hydrogen (secondary N) is 1. The topological polar surface area (TPSA) is 59.8 Å². The van der Waals surface area contributed by atoms with E-state index in [0.29, 0.717) is 23.8 Å².